The Hall–Kier alpha value is -2.18. The fourth-order valence-electron chi connectivity index (χ4n) is 2.05. The van der Waals surface area contributed by atoms with Gasteiger partial charge in [-0.25, -0.2) is 13.6 Å². The van der Waals surface area contributed by atoms with Crippen molar-refractivity contribution in [1.82, 2.24) is 0 Å². The van der Waals surface area contributed by atoms with Crippen LogP contribution in [0.1, 0.15) is 12.0 Å². The maximum Gasteiger partial charge on any atom is 0.293 e. The summed E-state index contributed by atoms with van der Waals surface area (Å²) in [5.41, 5.74) is 0.401. The predicted molar refractivity (Wildman–Crippen MR) is 65.8 cm³/mol. The van der Waals surface area contributed by atoms with Crippen molar-refractivity contribution in [3.63, 3.8) is 0 Å². The smallest absolute Gasteiger partial charge is 0.293 e. The lowest BCUT2D eigenvalue weighted by Gasteiger charge is -2.06. The van der Waals surface area contributed by atoms with Gasteiger partial charge in [-0.2, -0.15) is 5.26 Å². The summed E-state index contributed by atoms with van der Waals surface area (Å²) in [7, 11) is -4.01. The summed E-state index contributed by atoms with van der Waals surface area (Å²) >= 11 is 0. The number of nitro benzene ring substituents is 1. The van der Waals surface area contributed by atoms with Crippen molar-refractivity contribution < 1.29 is 13.3 Å². The van der Waals surface area contributed by atoms with Gasteiger partial charge in [0.2, 0.25) is 10.0 Å². The number of sulfonamides is 1. The second-order valence-corrected chi connectivity index (χ2v) is 5.75. The van der Waals surface area contributed by atoms with E-state index in [0.29, 0.717) is 12.0 Å². The SMILES string of the molecule is N#CC[C@@H]1Cc2cc(S(N)(=O)=O)cc([N+](=O)[O-])c2N1. The molecule has 8 nitrogen and oxygen atoms in total. The van der Waals surface area contributed by atoms with Crippen LogP contribution in [0.15, 0.2) is 17.0 Å². The number of rotatable bonds is 3. The van der Waals surface area contributed by atoms with E-state index in [4.69, 9.17) is 10.4 Å². The Bertz CT molecular complexity index is 692. The molecule has 0 spiro atoms. The number of hydrogen-bond acceptors (Lipinski definition) is 6. The second kappa shape index (κ2) is 4.49. The molecule has 0 fully saturated rings. The number of fused-ring (bicyclic) bond motifs is 1. The van der Waals surface area contributed by atoms with Gasteiger partial charge in [0.05, 0.1) is 22.3 Å². The molecule has 9 heteroatoms. The van der Waals surface area contributed by atoms with E-state index in [1.54, 1.807) is 0 Å². The molecule has 0 saturated heterocycles. The van der Waals surface area contributed by atoms with Gasteiger partial charge < -0.3 is 5.32 Å². The number of nitriles is 1. The molecule has 1 heterocycles. The van der Waals surface area contributed by atoms with E-state index in [1.807, 2.05) is 6.07 Å². The summed E-state index contributed by atoms with van der Waals surface area (Å²) in [6.45, 7) is 0. The normalized spacial score (nSPS) is 17.4. The third-order valence-corrected chi connectivity index (χ3v) is 3.74. The van der Waals surface area contributed by atoms with Crippen molar-refractivity contribution in [2.75, 3.05) is 5.32 Å². The van der Waals surface area contributed by atoms with E-state index in [9.17, 15) is 18.5 Å². The summed E-state index contributed by atoms with van der Waals surface area (Å²) in [5.74, 6) is 0. The van der Waals surface area contributed by atoms with Crippen LogP contribution < -0.4 is 10.5 Å². The van der Waals surface area contributed by atoms with Gasteiger partial charge in [0.1, 0.15) is 5.69 Å². The monoisotopic (exact) mass is 282 g/mol. The van der Waals surface area contributed by atoms with Crippen molar-refractivity contribution in [2.45, 2.75) is 23.8 Å². The van der Waals surface area contributed by atoms with E-state index in [1.165, 1.54) is 6.07 Å². The van der Waals surface area contributed by atoms with Crippen molar-refractivity contribution in [3.8, 4) is 6.07 Å². The number of nitro groups is 1. The molecule has 1 aliphatic rings. The molecule has 3 N–H and O–H groups in total. The molecule has 0 amide bonds. The highest BCUT2D eigenvalue weighted by Crippen LogP contribution is 2.37. The molecule has 100 valence electrons. The number of benzene rings is 1. The predicted octanol–water partition coefficient (Wildman–Crippen LogP) is 0.492. The highest BCUT2D eigenvalue weighted by molar-refractivity contribution is 7.89. The van der Waals surface area contributed by atoms with E-state index in [0.717, 1.165) is 6.07 Å². The average Bonchev–Trinajstić information content (AvgIpc) is 2.68. The minimum Gasteiger partial charge on any atom is -0.375 e. The number of anilines is 1. The molecule has 1 atom stereocenters. The number of nitrogens with zero attached hydrogens (tertiary/aromatic N) is 2. The van der Waals surface area contributed by atoms with E-state index < -0.39 is 14.9 Å². The van der Waals surface area contributed by atoms with Crippen LogP contribution in [0.5, 0.6) is 0 Å². The number of hydrogen-bond donors (Lipinski definition) is 2. The molecule has 1 aromatic rings. The molecule has 0 bridgehead atoms. The molecular weight excluding hydrogens is 272 g/mol. The van der Waals surface area contributed by atoms with Gasteiger partial charge in [0.15, 0.2) is 0 Å². The lowest BCUT2D eigenvalue weighted by atomic mass is 10.1. The average molecular weight is 282 g/mol. The zero-order valence-electron chi connectivity index (χ0n) is 9.66. The maximum absolute atomic E-state index is 11.3. The quantitative estimate of drug-likeness (QED) is 0.611. The number of primary sulfonamides is 1. The lowest BCUT2D eigenvalue weighted by Crippen LogP contribution is -2.14. The molecule has 0 aromatic heterocycles. The molecule has 19 heavy (non-hydrogen) atoms. The summed E-state index contributed by atoms with van der Waals surface area (Å²) in [4.78, 5) is 10.0. The molecule has 1 aromatic carbocycles. The molecule has 0 saturated carbocycles. The van der Waals surface area contributed by atoms with Gasteiger partial charge in [0.25, 0.3) is 5.69 Å². The van der Waals surface area contributed by atoms with Gasteiger partial charge in [-0.1, -0.05) is 0 Å². The second-order valence-electron chi connectivity index (χ2n) is 4.19. The van der Waals surface area contributed by atoms with Crippen LogP contribution in [0.2, 0.25) is 0 Å². The third kappa shape index (κ3) is 2.49. The number of nitrogens with two attached hydrogens (primary N) is 1. The minimum absolute atomic E-state index is 0.177. The maximum atomic E-state index is 11.3. The van der Waals surface area contributed by atoms with E-state index in [2.05, 4.69) is 5.32 Å². The fourth-order valence-corrected chi connectivity index (χ4v) is 2.63. The Labute approximate surface area is 109 Å². The van der Waals surface area contributed by atoms with Gasteiger partial charge in [0, 0.05) is 12.1 Å². The van der Waals surface area contributed by atoms with Crippen LogP contribution in [0.3, 0.4) is 0 Å². The van der Waals surface area contributed by atoms with Crippen LogP contribution in [0.4, 0.5) is 11.4 Å². The molecule has 0 unspecified atom stereocenters. The highest BCUT2D eigenvalue weighted by atomic mass is 32.2. The Morgan fingerprint density at radius 1 is 1.58 bits per heavy atom. The number of nitrogens with one attached hydrogen (secondary N) is 1. The van der Waals surface area contributed by atoms with Crippen LogP contribution in [-0.4, -0.2) is 19.4 Å². The largest absolute Gasteiger partial charge is 0.375 e. The first-order valence-electron chi connectivity index (χ1n) is 5.30. The fraction of sp³-hybridized carbons (Fsp3) is 0.300. The molecule has 2 rings (SSSR count). The Morgan fingerprint density at radius 2 is 2.26 bits per heavy atom. The van der Waals surface area contributed by atoms with Gasteiger partial charge in [-0.05, 0) is 18.1 Å². The summed E-state index contributed by atoms with van der Waals surface area (Å²) in [6.07, 6.45) is 0.531. The standard InChI is InChI=1S/C10H10N4O4S/c11-2-1-7-3-6-4-8(19(12,17)18)5-9(14(15)16)10(6)13-7/h4-5,7,13H,1,3H2,(H2,12,17,18)/t7-/m1/s1. The Kier molecular flexibility index (Phi) is 3.13. The third-order valence-electron chi connectivity index (χ3n) is 2.85. The van der Waals surface area contributed by atoms with Crippen LogP contribution >= 0.6 is 0 Å². The summed E-state index contributed by atoms with van der Waals surface area (Å²) in [5, 5.41) is 27.5. The van der Waals surface area contributed by atoms with Crippen molar-refractivity contribution in [1.29, 1.82) is 5.26 Å². The molecule has 1 aliphatic heterocycles. The minimum atomic E-state index is -4.01. The zero-order valence-corrected chi connectivity index (χ0v) is 10.5. The van der Waals surface area contributed by atoms with Gasteiger partial charge in [-0.15, -0.1) is 0 Å². The van der Waals surface area contributed by atoms with Gasteiger partial charge >= 0.3 is 0 Å². The molecular formula is C10H10N4O4S. The Morgan fingerprint density at radius 3 is 2.79 bits per heavy atom. The van der Waals surface area contributed by atoms with Crippen LogP contribution in [0, 0.1) is 21.4 Å². The van der Waals surface area contributed by atoms with Crippen molar-refractivity contribution in [3.05, 3.63) is 27.8 Å². The van der Waals surface area contributed by atoms with E-state index in [-0.39, 0.29) is 28.7 Å². The first-order valence-corrected chi connectivity index (χ1v) is 6.85. The highest BCUT2D eigenvalue weighted by Gasteiger charge is 2.30. The van der Waals surface area contributed by atoms with Gasteiger partial charge in [-0.3, -0.25) is 10.1 Å². The molecule has 0 radical (unpaired) electrons. The molecule has 0 aliphatic carbocycles. The first kappa shape index (κ1) is 13.3. The first-order chi connectivity index (χ1) is 8.82. The lowest BCUT2D eigenvalue weighted by molar-refractivity contribution is -0.384. The van der Waals surface area contributed by atoms with E-state index >= 15 is 0 Å². The zero-order chi connectivity index (χ0) is 14.2. The topological polar surface area (TPSA) is 139 Å². The van der Waals surface area contributed by atoms with Crippen LogP contribution in [0.25, 0.3) is 0 Å². The Balaban J connectivity index is 2.56. The summed E-state index contributed by atoms with van der Waals surface area (Å²) < 4.78 is 22.6. The van der Waals surface area contributed by atoms with Crippen molar-refractivity contribution in [2.24, 2.45) is 5.14 Å². The van der Waals surface area contributed by atoms with Crippen molar-refractivity contribution >= 4 is 21.4 Å². The van der Waals surface area contributed by atoms with Crippen LogP contribution in [-0.2, 0) is 16.4 Å². The summed E-state index contributed by atoms with van der Waals surface area (Å²) in [6, 6.07) is 3.94.